The molecule has 0 bridgehead atoms. The summed E-state index contributed by atoms with van der Waals surface area (Å²) in [5.74, 6) is 1.04. The Hall–Kier alpha value is -3.03. The first kappa shape index (κ1) is 32.5. The summed E-state index contributed by atoms with van der Waals surface area (Å²) in [6, 6.07) is 8.40. The molecule has 2 aromatic carbocycles. The van der Waals surface area contributed by atoms with Crippen LogP contribution in [0, 0.1) is 0 Å². The number of nitrogens with zero attached hydrogens (tertiary/aromatic N) is 2. The van der Waals surface area contributed by atoms with Gasteiger partial charge in [0.15, 0.2) is 0 Å². The first-order valence-corrected chi connectivity index (χ1v) is 15.0. The van der Waals surface area contributed by atoms with Crippen LogP contribution in [0.1, 0.15) is 96.4 Å². The molecule has 0 amide bonds. The van der Waals surface area contributed by atoms with E-state index in [1.165, 1.54) is 12.8 Å². The number of carbonyl (C=O) groups is 1. The van der Waals surface area contributed by atoms with Crippen LogP contribution < -0.4 is 14.6 Å². The maximum atomic E-state index is 11.2. The van der Waals surface area contributed by atoms with Crippen molar-refractivity contribution >= 4 is 18.4 Å². The Bertz CT molecular complexity index is 1240. The fourth-order valence-corrected chi connectivity index (χ4v) is 7.06. The Balaban J connectivity index is 0.00000108. The third-order valence-corrected chi connectivity index (χ3v) is 8.97. The van der Waals surface area contributed by atoms with E-state index in [-0.39, 0.29) is 10.8 Å². The zero-order valence-corrected chi connectivity index (χ0v) is 26.9. The van der Waals surface area contributed by atoms with E-state index in [1.54, 1.807) is 14.2 Å². The summed E-state index contributed by atoms with van der Waals surface area (Å²) in [5.41, 5.74) is 2.89. The van der Waals surface area contributed by atoms with E-state index in [9.17, 15) is 10.2 Å². The van der Waals surface area contributed by atoms with Gasteiger partial charge >= 0.3 is 229 Å². The number of phenolic OH excluding ortho intramolecular Hbond substituents is 2. The molecule has 0 unspecified atom stereocenters. The van der Waals surface area contributed by atoms with Crippen LogP contribution in [0.15, 0.2) is 24.3 Å². The summed E-state index contributed by atoms with van der Waals surface area (Å²) in [7, 11) is 3.33. The number of rotatable bonds is 4. The van der Waals surface area contributed by atoms with E-state index in [4.69, 9.17) is 19.4 Å². The van der Waals surface area contributed by atoms with Crippen LogP contribution in [0.25, 0.3) is 0 Å². The van der Waals surface area contributed by atoms with Gasteiger partial charge in [-0.1, -0.05) is 0 Å². The normalized spacial score (nSPS) is 20.8. The molecule has 0 radical (unpaired) electrons. The molecule has 2 atom stereocenters. The topological polar surface area (TPSA) is 105 Å². The zero-order valence-electron chi connectivity index (χ0n) is 25.7. The van der Waals surface area contributed by atoms with Crippen LogP contribution >= 0.6 is 0 Å². The second-order valence-corrected chi connectivity index (χ2v) is 14.1. The van der Waals surface area contributed by atoms with Crippen LogP contribution in [0.2, 0.25) is 0 Å². The van der Waals surface area contributed by atoms with Crippen LogP contribution in [0.3, 0.4) is 0 Å². The SMILES string of the molecule is CC(=O)[O-].COc1cc(C=[N+]2[Mn][N+](=Cc3cc(OC)cc(C(C)(C)C)c3O)[C@@H]3CCCC[C@H]32)c(O)c(C(C)(C)C)c1. The van der Waals surface area contributed by atoms with E-state index in [1.807, 2.05) is 24.3 Å². The van der Waals surface area contributed by atoms with E-state index < -0.39 is 5.97 Å². The van der Waals surface area contributed by atoms with Gasteiger partial charge in [-0.2, -0.15) is 0 Å². The quantitative estimate of drug-likeness (QED) is 0.503. The predicted octanol–water partition coefficient (Wildman–Crippen LogP) is 4.27. The number of aliphatic carboxylic acids is 1. The molecule has 1 saturated carbocycles. The molecule has 8 nitrogen and oxygen atoms in total. The number of phenols is 2. The van der Waals surface area contributed by atoms with Gasteiger partial charge in [-0.05, 0) is 6.92 Å². The number of hydrogen-bond donors (Lipinski definition) is 2. The van der Waals surface area contributed by atoms with E-state index in [2.05, 4.69) is 61.2 Å². The van der Waals surface area contributed by atoms with Crippen molar-refractivity contribution in [1.29, 1.82) is 0 Å². The number of carboxylic acids is 1. The minimum absolute atomic E-state index is 0.212. The molecule has 2 fully saturated rings. The van der Waals surface area contributed by atoms with Crippen molar-refractivity contribution in [2.24, 2.45) is 0 Å². The molecular weight excluding hydrogens is 563 g/mol. The van der Waals surface area contributed by atoms with Crippen molar-refractivity contribution in [2.75, 3.05) is 14.2 Å². The Labute approximate surface area is 250 Å². The van der Waals surface area contributed by atoms with Crippen molar-refractivity contribution in [2.45, 2.75) is 97.1 Å². The van der Waals surface area contributed by atoms with Gasteiger partial charge in [0.1, 0.15) is 0 Å². The Morgan fingerprint density at radius 2 is 1.17 bits per heavy atom. The number of methoxy groups -OCH3 is 2. The van der Waals surface area contributed by atoms with Gasteiger partial charge in [-0.25, -0.2) is 0 Å². The summed E-state index contributed by atoms with van der Waals surface area (Å²) in [4.78, 5) is 8.89. The minimum atomic E-state index is -1.08. The number of fused-ring (bicyclic) bond motifs is 1. The molecule has 0 spiro atoms. The Morgan fingerprint density at radius 3 is 1.46 bits per heavy atom. The first-order chi connectivity index (χ1) is 19.1. The molecular formula is C32H45MnN2O6+. The third-order valence-electron chi connectivity index (χ3n) is 7.34. The van der Waals surface area contributed by atoms with Gasteiger partial charge in [0.05, 0.1) is 0 Å². The number of benzene rings is 2. The second-order valence-electron chi connectivity index (χ2n) is 12.7. The van der Waals surface area contributed by atoms with Crippen molar-refractivity contribution in [3.05, 3.63) is 46.5 Å². The van der Waals surface area contributed by atoms with Gasteiger partial charge in [0.2, 0.25) is 0 Å². The molecule has 1 saturated heterocycles. The average Bonchev–Trinajstić information content (AvgIpc) is 3.21. The van der Waals surface area contributed by atoms with E-state index >= 15 is 0 Å². The molecule has 225 valence electrons. The summed E-state index contributed by atoms with van der Waals surface area (Å²) in [5, 5.41) is 31.3. The van der Waals surface area contributed by atoms with Gasteiger partial charge in [0.25, 0.3) is 0 Å². The number of ether oxygens (including phenoxy) is 2. The van der Waals surface area contributed by atoms with Crippen LogP contribution in [0.4, 0.5) is 0 Å². The Kier molecular flexibility index (Phi) is 10.2. The monoisotopic (exact) mass is 608 g/mol. The first-order valence-electron chi connectivity index (χ1n) is 14.0. The fraction of sp³-hybridized carbons (Fsp3) is 0.531. The maximum absolute atomic E-state index is 11.2. The van der Waals surface area contributed by atoms with E-state index in [0.29, 0.717) is 39.0 Å². The summed E-state index contributed by atoms with van der Waals surface area (Å²) < 4.78 is 15.9. The molecule has 9 heteroatoms. The molecule has 2 aliphatic rings. The molecule has 4 rings (SSSR count). The van der Waals surface area contributed by atoms with Crippen molar-refractivity contribution in [3.63, 3.8) is 0 Å². The number of carboxylic acid groups (broad SMARTS) is 1. The van der Waals surface area contributed by atoms with Crippen LogP contribution in [0.5, 0.6) is 23.0 Å². The number of hydrogen-bond acceptors (Lipinski definition) is 6. The van der Waals surface area contributed by atoms with Crippen molar-refractivity contribution in [1.82, 2.24) is 0 Å². The average molecular weight is 609 g/mol. The number of carbonyl (C=O) groups excluding carboxylic acids is 1. The fourth-order valence-electron chi connectivity index (χ4n) is 5.22. The summed E-state index contributed by atoms with van der Waals surface area (Å²) >= 11 is 0.323. The molecule has 0 aromatic heterocycles. The van der Waals surface area contributed by atoms with Gasteiger partial charge in [-0.15, -0.1) is 0 Å². The van der Waals surface area contributed by atoms with Gasteiger partial charge in [-0.3, -0.25) is 0 Å². The van der Waals surface area contributed by atoms with Crippen LogP contribution in [-0.4, -0.2) is 62.1 Å². The van der Waals surface area contributed by atoms with Gasteiger partial charge in [0, 0.05) is 5.97 Å². The molecule has 2 N–H and O–H groups in total. The standard InChI is InChI=1S/C30H42N2O4.C2H4O2.Mn/c1-29(2,3)23-15-21(35-7)13-19(27(23)33)17-31-25-11-9-10-12-26(25)32-18-20-14-22(36-8)16-24(28(20)34)30(4,5)6;1-2(3)4;/h13-18,25-26,33-34H,9-12H2,1-8H3;1H3,(H,3,4);/q;;+2/p-1/t25-,26-;;/m1../s1. The van der Waals surface area contributed by atoms with Crippen molar-refractivity contribution < 1.29 is 52.2 Å². The molecule has 1 heterocycles. The summed E-state index contributed by atoms with van der Waals surface area (Å²) in [6.45, 7) is 13.6. The van der Waals surface area contributed by atoms with Crippen molar-refractivity contribution in [3.8, 4) is 23.0 Å². The molecule has 1 aliphatic carbocycles. The third kappa shape index (κ3) is 7.83. The van der Waals surface area contributed by atoms with Gasteiger partial charge < -0.3 is 9.90 Å². The number of aromatic hydroxyl groups is 2. The molecule has 2 aromatic rings. The zero-order chi connectivity index (χ0) is 30.7. The summed E-state index contributed by atoms with van der Waals surface area (Å²) in [6.07, 6.45) is 8.81. The molecule has 1 aliphatic heterocycles. The van der Waals surface area contributed by atoms with Crippen LogP contribution in [-0.2, 0) is 31.0 Å². The molecule has 41 heavy (non-hydrogen) atoms. The second kappa shape index (κ2) is 12.9. The van der Waals surface area contributed by atoms with E-state index in [0.717, 1.165) is 53.5 Å². The Morgan fingerprint density at radius 1 is 0.829 bits per heavy atom. The predicted molar refractivity (Wildman–Crippen MR) is 154 cm³/mol.